The smallest absolute Gasteiger partial charge is 0.255 e. The average Bonchev–Trinajstić information content (AvgIpc) is 3.08. The van der Waals surface area contributed by atoms with Crippen molar-refractivity contribution in [3.8, 4) is 0 Å². The number of nitrogens with one attached hydrogen (secondary N) is 2. The summed E-state index contributed by atoms with van der Waals surface area (Å²) in [6, 6.07) is 14.0. The molecule has 8 heteroatoms. The number of carbonyl (C=O) groups is 4. The van der Waals surface area contributed by atoms with Crippen molar-refractivity contribution in [1.29, 1.82) is 0 Å². The lowest BCUT2D eigenvalue weighted by atomic mass is 9.91. The highest BCUT2D eigenvalue weighted by atomic mass is 16.5. The number of fused-ring (bicyclic) bond motifs is 1. The van der Waals surface area contributed by atoms with Gasteiger partial charge in [-0.25, -0.2) is 0 Å². The number of ether oxygens (including phenoxy) is 1. The minimum atomic E-state index is -0.675. The zero-order valence-corrected chi connectivity index (χ0v) is 17.4. The molecular weight excluding hydrogens is 410 g/mol. The Bertz CT molecular complexity index is 1100. The van der Waals surface area contributed by atoms with Crippen molar-refractivity contribution in [2.75, 3.05) is 13.2 Å². The van der Waals surface area contributed by atoms with Gasteiger partial charge in [0, 0.05) is 30.0 Å². The van der Waals surface area contributed by atoms with E-state index in [2.05, 4.69) is 10.6 Å². The molecule has 0 spiro atoms. The van der Waals surface area contributed by atoms with Gasteiger partial charge in [0.1, 0.15) is 6.04 Å². The van der Waals surface area contributed by atoms with Crippen LogP contribution in [0.15, 0.2) is 48.5 Å². The van der Waals surface area contributed by atoms with Crippen LogP contribution in [0.1, 0.15) is 50.7 Å². The van der Waals surface area contributed by atoms with Gasteiger partial charge < -0.3 is 15.0 Å². The lowest BCUT2D eigenvalue weighted by Crippen LogP contribution is -2.52. The third kappa shape index (κ3) is 3.67. The van der Waals surface area contributed by atoms with Crippen molar-refractivity contribution >= 4 is 23.6 Å². The van der Waals surface area contributed by atoms with Crippen LogP contribution >= 0.6 is 0 Å². The Morgan fingerprint density at radius 2 is 1.88 bits per heavy atom. The molecule has 1 unspecified atom stereocenters. The molecule has 3 aliphatic heterocycles. The van der Waals surface area contributed by atoms with Crippen molar-refractivity contribution in [2.45, 2.75) is 31.5 Å². The van der Waals surface area contributed by atoms with Crippen LogP contribution in [-0.2, 0) is 20.9 Å². The molecule has 2 fully saturated rings. The predicted octanol–water partition coefficient (Wildman–Crippen LogP) is 1.57. The fourth-order valence-electron chi connectivity index (χ4n) is 4.52. The highest BCUT2D eigenvalue weighted by molar-refractivity contribution is 6.06. The monoisotopic (exact) mass is 433 g/mol. The molecule has 2 aromatic rings. The number of hydrogen-bond donors (Lipinski definition) is 2. The van der Waals surface area contributed by atoms with Gasteiger partial charge >= 0.3 is 0 Å². The van der Waals surface area contributed by atoms with E-state index in [0.29, 0.717) is 36.3 Å². The second kappa shape index (κ2) is 8.20. The Morgan fingerprint density at radius 3 is 2.56 bits per heavy atom. The highest BCUT2D eigenvalue weighted by Gasteiger charge is 2.39. The number of amides is 4. The fraction of sp³-hybridized carbons (Fsp3) is 0.333. The summed E-state index contributed by atoms with van der Waals surface area (Å²) in [6.07, 6.45) is 0.510. The lowest BCUT2D eigenvalue weighted by Gasteiger charge is -2.34. The molecule has 0 radical (unpaired) electrons. The Kier molecular flexibility index (Phi) is 5.22. The highest BCUT2D eigenvalue weighted by Crippen LogP contribution is 2.30. The minimum absolute atomic E-state index is 0.160. The van der Waals surface area contributed by atoms with Gasteiger partial charge in [-0.2, -0.15) is 0 Å². The van der Waals surface area contributed by atoms with E-state index in [-0.39, 0.29) is 42.6 Å². The Balaban J connectivity index is 1.34. The summed E-state index contributed by atoms with van der Waals surface area (Å²) in [5, 5.41) is 5.42. The van der Waals surface area contributed by atoms with E-state index in [1.807, 2.05) is 30.3 Å². The molecule has 32 heavy (non-hydrogen) atoms. The van der Waals surface area contributed by atoms with Gasteiger partial charge in [0.05, 0.1) is 19.3 Å². The quantitative estimate of drug-likeness (QED) is 0.697. The van der Waals surface area contributed by atoms with Crippen molar-refractivity contribution in [3.63, 3.8) is 0 Å². The van der Waals surface area contributed by atoms with Crippen molar-refractivity contribution < 1.29 is 23.9 Å². The first-order valence-corrected chi connectivity index (χ1v) is 10.7. The van der Waals surface area contributed by atoms with E-state index in [0.717, 1.165) is 5.56 Å². The summed E-state index contributed by atoms with van der Waals surface area (Å²) < 4.78 is 5.33. The normalized spacial score (nSPS) is 21.6. The van der Waals surface area contributed by atoms with Crippen LogP contribution in [0.2, 0.25) is 0 Å². The van der Waals surface area contributed by atoms with Gasteiger partial charge in [0.15, 0.2) is 0 Å². The molecule has 2 aromatic carbocycles. The number of rotatable bonds is 5. The van der Waals surface area contributed by atoms with Crippen molar-refractivity contribution in [1.82, 2.24) is 15.5 Å². The third-order valence-corrected chi connectivity index (χ3v) is 6.37. The fourth-order valence-corrected chi connectivity index (χ4v) is 4.52. The maximum absolute atomic E-state index is 13.1. The second-order valence-electron chi connectivity index (χ2n) is 8.43. The third-order valence-electron chi connectivity index (χ3n) is 6.37. The molecule has 0 aliphatic carbocycles. The maximum Gasteiger partial charge on any atom is 0.255 e. The molecule has 164 valence electrons. The molecule has 0 aromatic heterocycles. The van der Waals surface area contributed by atoms with Gasteiger partial charge in [0.25, 0.3) is 11.8 Å². The van der Waals surface area contributed by atoms with Gasteiger partial charge in [-0.05, 0) is 35.7 Å². The number of hydrogen-bond acceptors (Lipinski definition) is 5. The SMILES string of the molecule is O=C1CCC(N2Cc3cc(C(=O)N[C@H](c4ccccc4)C4COC4)ccc3C2=O)C(=O)N1. The number of nitrogens with zero attached hydrogens (tertiary/aromatic N) is 1. The topological polar surface area (TPSA) is 105 Å². The molecule has 0 bridgehead atoms. The van der Waals surface area contributed by atoms with E-state index < -0.39 is 11.9 Å². The molecule has 4 amide bonds. The summed E-state index contributed by atoms with van der Waals surface area (Å²) in [5.74, 6) is -1.04. The van der Waals surface area contributed by atoms with E-state index >= 15 is 0 Å². The largest absolute Gasteiger partial charge is 0.381 e. The standard InChI is InChI=1S/C24H23N3O5/c28-20-9-8-19(23(30)25-20)27-11-16-10-15(6-7-18(16)24(27)31)22(29)26-21(17-12-32-13-17)14-4-2-1-3-5-14/h1-7,10,17,19,21H,8-9,11-13H2,(H,26,29)(H,25,28,30)/t19?,21-/m1/s1. The first-order valence-electron chi connectivity index (χ1n) is 10.7. The number of benzene rings is 2. The van der Waals surface area contributed by atoms with E-state index in [1.54, 1.807) is 18.2 Å². The summed E-state index contributed by atoms with van der Waals surface area (Å²) in [6.45, 7) is 1.43. The average molecular weight is 433 g/mol. The second-order valence-corrected chi connectivity index (χ2v) is 8.43. The number of imide groups is 1. The molecule has 0 saturated carbocycles. The molecule has 8 nitrogen and oxygen atoms in total. The Hall–Kier alpha value is -3.52. The number of piperidine rings is 1. The van der Waals surface area contributed by atoms with E-state index in [1.165, 1.54) is 4.90 Å². The van der Waals surface area contributed by atoms with E-state index in [9.17, 15) is 19.2 Å². The number of carbonyl (C=O) groups excluding carboxylic acids is 4. The molecule has 3 heterocycles. The molecule has 5 rings (SSSR count). The summed E-state index contributed by atoms with van der Waals surface area (Å²) >= 11 is 0. The van der Waals surface area contributed by atoms with Crippen molar-refractivity contribution in [2.24, 2.45) is 5.92 Å². The van der Waals surface area contributed by atoms with E-state index in [4.69, 9.17) is 4.74 Å². The molecular formula is C24H23N3O5. The summed E-state index contributed by atoms with van der Waals surface area (Å²) in [7, 11) is 0. The Labute approximate surface area is 184 Å². The van der Waals surface area contributed by atoms with Crippen LogP contribution in [0.5, 0.6) is 0 Å². The van der Waals surface area contributed by atoms with Crippen LogP contribution in [0.3, 0.4) is 0 Å². The molecule has 2 saturated heterocycles. The van der Waals surface area contributed by atoms with Crippen LogP contribution in [0.25, 0.3) is 0 Å². The molecule has 3 aliphatic rings. The van der Waals surface area contributed by atoms with Crippen LogP contribution < -0.4 is 10.6 Å². The van der Waals surface area contributed by atoms with Gasteiger partial charge in [-0.15, -0.1) is 0 Å². The molecule has 2 N–H and O–H groups in total. The molecule has 2 atom stereocenters. The van der Waals surface area contributed by atoms with Crippen molar-refractivity contribution in [3.05, 3.63) is 70.8 Å². The lowest BCUT2D eigenvalue weighted by molar-refractivity contribution is -0.136. The Morgan fingerprint density at radius 1 is 1.09 bits per heavy atom. The predicted molar refractivity (Wildman–Crippen MR) is 113 cm³/mol. The van der Waals surface area contributed by atoms with Gasteiger partial charge in [-0.1, -0.05) is 30.3 Å². The van der Waals surface area contributed by atoms with Gasteiger partial charge in [0.2, 0.25) is 11.8 Å². The zero-order valence-electron chi connectivity index (χ0n) is 17.4. The van der Waals surface area contributed by atoms with Crippen LogP contribution in [0, 0.1) is 5.92 Å². The van der Waals surface area contributed by atoms with Gasteiger partial charge in [-0.3, -0.25) is 24.5 Å². The van der Waals surface area contributed by atoms with Crippen LogP contribution in [-0.4, -0.2) is 47.8 Å². The van der Waals surface area contributed by atoms with Crippen LogP contribution in [0.4, 0.5) is 0 Å². The summed E-state index contributed by atoms with van der Waals surface area (Å²) in [5.41, 5.74) is 2.67. The zero-order chi connectivity index (χ0) is 22.2. The minimum Gasteiger partial charge on any atom is -0.381 e. The first kappa shape index (κ1) is 20.4. The summed E-state index contributed by atoms with van der Waals surface area (Å²) in [4.78, 5) is 51.0. The maximum atomic E-state index is 13.1. The first-order chi connectivity index (χ1) is 15.5.